The van der Waals surface area contributed by atoms with Gasteiger partial charge in [0.1, 0.15) is 6.54 Å². The van der Waals surface area contributed by atoms with Gasteiger partial charge in [0.15, 0.2) is 0 Å². The molecule has 2 fully saturated rings. The van der Waals surface area contributed by atoms with Crippen molar-refractivity contribution in [2.24, 2.45) is 0 Å². The number of carbonyl (C=O) groups is 1. The fourth-order valence-electron chi connectivity index (χ4n) is 3.88. The van der Waals surface area contributed by atoms with E-state index in [9.17, 15) is 4.79 Å². The largest absolute Gasteiger partial charge is 0.461 e. The summed E-state index contributed by atoms with van der Waals surface area (Å²) in [6.45, 7) is 10.1. The second kappa shape index (κ2) is 6.64. The molecule has 1 aromatic carbocycles. The van der Waals surface area contributed by atoms with Gasteiger partial charge in [-0.3, -0.25) is 9.48 Å². The zero-order chi connectivity index (χ0) is 19.2. The van der Waals surface area contributed by atoms with Gasteiger partial charge in [0.05, 0.1) is 22.9 Å². The maximum Gasteiger partial charge on any atom is 0.461 e. The molecule has 0 unspecified atom stereocenters. The Balaban J connectivity index is 1.35. The smallest absolute Gasteiger partial charge is 0.403 e. The van der Waals surface area contributed by atoms with Gasteiger partial charge in [0.25, 0.3) is 0 Å². The Labute approximate surface area is 160 Å². The molecule has 6 nitrogen and oxygen atoms in total. The van der Waals surface area contributed by atoms with Gasteiger partial charge in [0.2, 0.25) is 5.91 Å². The molecule has 2 aliphatic rings. The highest BCUT2D eigenvalue weighted by Crippen LogP contribution is 2.42. The van der Waals surface area contributed by atoms with Gasteiger partial charge in [-0.05, 0) is 52.4 Å². The summed E-state index contributed by atoms with van der Waals surface area (Å²) in [4.78, 5) is 14.7. The summed E-state index contributed by atoms with van der Waals surface area (Å²) >= 11 is 0. The topological polar surface area (TPSA) is 56.6 Å². The highest BCUT2D eigenvalue weighted by atomic mass is 16.7. The molecule has 0 radical (unpaired) electrons. The third-order valence-corrected chi connectivity index (χ3v) is 6.38. The Bertz CT molecular complexity index is 824. The van der Waals surface area contributed by atoms with E-state index < -0.39 is 0 Å². The van der Waals surface area contributed by atoms with Crippen molar-refractivity contribution in [3.8, 4) is 0 Å². The van der Waals surface area contributed by atoms with E-state index in [-0.39, 0.29) is 30.8 Å². The Kier molecular flexibility index (Phi) is 4.55. The summed E-state index contributed by atoms with van der Waals surface area (Å²) in [5, 5.41) is 5.43. The van der Waals surface area contributed by atoms with Crippen LogP contribution in [0, 0.1) is 0 Å². The van der Waals surface area contributed by atoms with Gasteiger partial charge in [-0.2, -0.15) is 5.10 Å². The normalized spacial score (nSPS) is 22.5. The van der Waals surface area contributed by atoms with Crippen LogP contribution in [0.4, 0.5) is 0 Å². The van der Waals surface area contributed by atoms with Crippen LogP contribution in [-0.4, -0.2) is 52.0 Å². The molecular formula is C20H28BN3O3. The lowest BCUT2D eigenvalue weighted by atomic mass is 9.67. The number of benzene rings is 1. The first-order valence-electron chi connectivity index (χ1n) is 9.81. The van der Waals surface area contributed by atoms with Gasteiger partial charge in [-0.15, -0.1) is 0 Å². The molecule has 0 saturated carbocycles. The lowest BCUT2D eigenvalue weighted by Crippen LogP contribution is -2.42. The number of carbonyl (C=O) groups excluding carboxylic acids is 1. The molecular weight excluding hydrogens is 341 g/mol. The first-order valence-corrected chi connectivity index (χ1v) is 9.81. The third kappa shape index (κ3) is 3.38. The lowest BCUT2D eigenvalue weighted by molar-refractivity contribution is -0.132. The molecule has 1 amide bonds. The predicted octanol–water partition coefficient (Wildman–Crippen LogP) is 3.12. The Morgan fingerprint density at radius 2 is 1.78 bits per heavy atom. The summed E-state index contributed by atoms with van der Waals surface area (Å²) in [5.74, 6) is 0.455. The fraction of sp³-hybridized carbons (Fsp3) is 0.600. The summed E-state index contributed by atoms with van der Waals surface area (Å²) < 4.78 is 14.2. The number of likely N-dealkylation sites (tertiary alicyclic amines) is 1. The maximum atomic E-state index is 12.7. The molecule has 0 aliphatic carbocycles. The van der Waals surface area contributed by atoms with E-state index in [4.69, 9.17) is 9.31 Å². The van der Waals surface area contributed by atoms with Crippen LogP contribution in [0.1, 0.15) is 40.5 Å². The molecule has 3 heterocycles. The Morgan fingerprint density at radius 3 is 2.44 bits per heavy atom. The minimum atomic E-state index is -0.300. The molecule has 0 N–H and O–H groups in total. The molecule has 144 valence electrons. The summed E-state index contributed by atoms with van der Waals surface area (Å²) in [5.41, 5.74) is 0.398. The van der Waals surface area contributed by atoms with E-state index in [1.54, 1.807) is 4.68 Å². The molecule has 2 aliphatic heterocycles. The molecule has 4 rings (SSSR count). The van der Waals surface area contributed by atoms with E-state index in [2.05, 4.69) is 32.8 Å². The SMILES string of the molecule is CC1(C)OB(C2CCN(C(=O)Cn3ncc4ccccc43)CC2)OC1(C)C. The van der Waals surface area contributed by atoms with Gasteiger partial charge in [-0.25, -0.2) is 0 Å². The third-order valence-electron chi connectivity index (χ3n) is 6.38. The quantitative estimate of drug-likeness (QED) is 0.780. The first kappa shape index (κ1) is 18.5. The van der Waals surface area contributed by atoms with Gasteiger partial charge >= 0.3 is 7.12 Å². The molecule has 2 saturated heterocycles. The number of piperidine rings is 1. The zero-order valence-electron chi connectivity index (χ0n) is 16.6. The molecule has 0 atom stereocenters. The summed E-state index contributed by atoms with van der Waals surface area (Å²) in [6, 6.07) is 7.97. The number of fused-ring (bicyclic) bond motifs is 1. The molecule has 1 aromatic heterocycles. The van der Waals surface area contributed by atoms with E-state index >= 15 is 0 Å². The van der Waals surface area contributed by atoms with Gasteiger partial charge in [-0.1, -0.05) is 18.2 Å². The highest BCUT2D eigenvalue weighted by molar-refractivity contribution is 6.47. The number of para-hydroxylation sites is 1. The standard InChI is InChI=1S/C20H28BN3O3/c1-19(2)20(3,4)27-21(26-19)16-9-11-23(12-10-16)18(25)14-24-17-8-6-5-7-15(17)13-22-24/h5-8,13,16H,9-12,14H2,1-4H3. The number of hydrogen-bond donors (Lipinski definition) is 0. The van der Waals surface area contributed by atoms with Crippen LogP contribution >= 0.6 is 0 Å². The number of hydrogen-bond acceptors (Lipinski definition) is 4. The average molecular weight is 369 g/mol. The lowest BCUT2D eigenvalue weighted by Gasteiger charge is -2.32. The number of nitrogens with zero attached hydrogens (tertiary/aromatic N) is 3. The first-order chi connectivity index (χ1) is 12.8. The Hall–Kier alpha value is -1.86. The van der Waals surface area contributed by atoms with Crippen molar-refractivity contribution < 1.29 is 14.1 Å². The van der Waals surface area contributed by atoms with E-state index in [1.807, 2.05) is 35.4 Å². The minimum Gasteiger partial charge on any atom is -0.403 e. The second-order valence-corrected chi connectivity index (χ2v) is 8.70. The van der Waals surface area contributed by atoms with Crippen molar-refractivity contribution in [3.63, 3.8) is 0 Å². The predicted molar refractivity (Wildman–Crippen MR) is 105 cm³/mol. The monoisotopic (exact) mass is 369 g/mol. The molecule has 7 heteroatoms. The van der Waals surface area contributed by atoms with Crippen molar-refractivity contribution in [2.75, 3.05) is 13.1 Å². The fourth-order valence-corrected chi connectivity index (χ4v) is 3.88. The second-order valence-electron chi connectivity index (χ2n) is 8.70. The van der Waals surface area contributed by atoms with Crippen molar-refractivity contribution in [3.05, 3.63) is 30.5 Å². The summed E-state index contributed by atoms with van der Waals surface area (Å²) in [6.07, 6.45) is 3.62. The van der Waals surface area contributed by atoms with Crippen molar-refractivity contribution in [1.29, 1.82) is 0 Å². The van der Waals surface area contributed by atoms with Crippen LogP contribution in [0.5, 0.6) is 0 Å². The van der Waals surface area contributed by atoms with Crippen molar-refractivity contribution >= 4 is 23.9 Å². The molecule has 0 spiro atoms. The van der Waals surface area contributed by atoms with Gasteiger partial charge in [0, 0.05) is 18.5 Å². The molecule has 2 aromatic rings. The maximum absolute atomic E-state index is 12.7. The van der Waals surface area contributed by atoms with Crippen LogP contribution in [0.15, 0.2) is 30.5 Å². The van der Waals surface area contributed by atoms with E-state index in [0.29, 0.717) is 5.82 Å². The van der Waals surface area contributed by atoms with Crippen LogP contribution in [0.2, 0.25) is 5.82 Å². The minimum absolute atomic E-state index is 0.122. The molecule has 27 heavy (non-hydrogen) atoms. The summed E-state index contributed by atoms with van der Waals surface area (Å²) in [7, 11) is -0.178. The van der Waals surface area contributed by atoms with Crippen molar-refractivity contribution in [2.45, 2.75) is 64.1 Å². The Morgan fingerprint density at radius 1 is 1.15 bits per heavy atom. The van der Waals surface area contributed by atoms with Crippen molar-refractivity contribution in [1.82, 2.24) is 14.7 Å². The number of rotatable bonds is 3. The molecule has 0 bridgehead atoms. The van der Waals surface area contributed by atoms with Gasteiger partial charge < -0.3 is 14.2 Å². The van der Waals surface area contributed by atoms with Crippen LogP contribution < -0.4 is 0 Å². The number of aromatic nitrogens is 2. The van der Waals surface area contributed by atoms with E-state index in [0.717, 1.165) is 36.8 Å². The zero-order valence-corrected chi connectivity index (χ0v) is 16.6. The van der Waals surface area contributed by atoms with Crippen LogP contribution in [-0.2, 0) is 20.6 Å². The van der Waals surface area contributed by atoms with Crippen LogP contribution in [0.25, 0.3) is 10.9 Å². The van der Waals surface area contributed by atoms with Crippen LogP contribution in [0.3, 0.4) is 0 Å². The van der Waals surface area contributed by atoms with E-state index in [1.165, 1.54) is 0 Å². The average Bonchev–Trinajstić information content (AvgIpc) is 3.13. The highest BCUT2D eigenvalue weighted by Gasteiger charge is 2.53. The number of amides is 1.